The Balaban J connectivity index is 2.09. The number of carbonyl (C=O) groups is 2. The average Bonchev–Trinajstić information content (AvgIpc) is 3.25. The second-order valence-electron chi connectivity index (χ2n) is 7.48. The Morgan fingerprint density at radius 3 is 2.61 bits per heavy atom. The van der Waals surface area contributed by atoms with E-state index in [1.165, 1.54) is 11.3 Å². The molecule has 0 bridgehead atoms. The molecule has 5 nitrogen and oxygen atoms in total. The van der Waals surface area contributed by atoms with Gasteiger partial charge in [-0.1, -0.05) is 23.8 Å². The quantitative estimate of drug-likeness (QED) is 0.457. The third kappa shape index (κ3) is 3.88. The zero-order valence-electron chi connectivity index (χ0n) is 16.7. The van der Waals surface area contributed by atoms with Crippen LogP contribution in [0.25, 0.3) is 5.76 Å². The molecular weight excluding hydrogens is 372 g/mol. The molecule has 0 aliphatic carbocycles. The standard InChI is InChI=1S/C22H26N2O3S/c1-14-8-9-15(2)16(13-14)20(25)18-19(17-7-5-12-28-17)24(22(27)21(18)26)11-6-10-23(3)4/h5,7-9,12-13,19,25H,6,10-11H2,1-4H3/b20-18-. The van der Waals surface area contributed by atoms with Gasteiger partial charge in [-0.05, 0) is 64.0 Å². The number of carbonyl (C=O) groups excluding carboxylic acids is 2. The molecule has 1 unspecified atom stereocenters. The first-order valence-corrected chi connectivity index (χ1v) is 10.2. The van der Waals surface area contributed by atoms with Gasteiger partial charge in [0.2, 0.25) is 0 Å². The first-order valence-electron chi connectivity index (χ1n) is 9.35. The van der Waals surface area contributed by atoms with Crippen LogP contribution in [0, 0.1) is 13.8 Å². The van der Waals surface area contributed by atoms with Crippen LogP contribution in [0.1, 0.15) is 34.0 Å². The highest BCUT2D eigenvalue weighted by Crippen LogP contribution is 2.41. The van der Waals surface area contributed by atoms with E-state index in [1.807, 2.05) is 68.6 Å². The summed E-state index contributed by atoms with van der Waals surface area (Å²) in [5, 5.41) is 13.0. The molecule has 1 fully saturated rings. The number of hydrogen-bond acceptors (Lipinski definition) is 5. The van der Waals surface area contributed by atoms with Crippen molar-refractivity contribution >= 4 is 28.8 Å². The SMILES string of the molecule is Cc1ccc(C)c(/C(O)=C2/C(=O)C(=O)N(CCCN(C)C)C2c2cccs2)c1. The normalized spacial score (nSPS) is 19.0. The van der Waals surface area contributed by atoms with Gasteiger partial charge in [-0.2, -0.15) is 0 Å². The highest BCUT2D eigenvalue weighted by Gasteiger charge is 2.46. The van der Waals surface area contributed by atoms with Crippen LogP contribution in [0.4, 0.5) is 0 Å². The molecule has 1 saturated heterocycles. The molecule has 1 aliphatic rings. The number of aliphatic hydroxyl groups is 1. The molecule has 6 heteroatoms. The van der Waals surface area contributed by atoms with E-state index in [4.69, 9.17) is 0 Å². The summed E-state index contributed by atoms with van der Waals surface area (Å²) in [5.74, 6) is -1.24. The zero-order chi connectivity index (χ0) is 20.4. The Morgan fingerprint density at radius 1 is 1.21 bits per heavy atom. The zero-order valence-corrected chi connectivity index (χ0v) is 17.5. The second-order valence-corrected chi connectivity index (χ2v) is 8.46. The van der Waals surface area contributed by atoms with Gasteiger partial charge in [0, 0.05) is 17.0 Å². The number of aryl methyl sites for hydroxylation is 2. The summed E-state index contributed by atoms with van der Waals surface area (Å²) in [7, 11) is 3.96. The number of rotatable bonds is 6. The van der Waals surface area contributed by atoms with Gasteiger partial charge in [-0.3, -0.25) is 9.59 Å². The Labute approximate surface area is 169 Å². The van der Waals surface area contributed by atoms with Crippen molar-refractivity contribution in [3.63, 3.8) is 0 Å². The van der Waals surface area contributed by atoms with Crippen LogP contribution in [0.15, 0.2) is 41.3 Å². The maximum atomic E-state index is 12.9. The summed E-state index contributed by atoms with van der Waals surface area (Å²) >= 11 is 1.49. The molecule has 1 aromatic carbocycles. The highest BCUT2D eigenvalue weighted by atomic mass is 32.1. The largest absolute Gasteiger partial charge is 0.507 e. The third-order valence-electron chi connectivity index (χ3n) is 5.01. The number of amides is 1. The molecular formula is C22H26N2O3S. The summed E-state index contributed by atoms with van der Waals surface area (Å²) < 4.78 is 0. The Hall–Kier alpha value is -2.44. The lowest BCUT2D eigenvalue weighted by Crippen LogP contribution is -2.32. The predicted molar refractivity (Wildman–Crippen MR) is 112 cm³/mol. The van der Waals surface area contributed by atoms with Gasteiger partial charge < -0.3 is 14.9 Å². The summed E-state index contributed by atoms with van der Waals surface area (Å²) in [5.41, 5.74) is 2.64. The van der Waals surface area contributed by atoms with Crippen molar-refractivity contribution in [2.75, 3.05) is 27.2 Å². The maximum absolute atomic E-state index is 12.9. The minimum Gasteiger partial charge on any atom is -0.507 e. The molecule has 0 radical (unpaired) electrons. The Bertz CT molecular complexity index is 916. The van der Waals surface area contributed by atoms with E-state index < -0.39 is 17.7 Å². The fourth-order valence-electron chi connectivity index (χ4n) is 3.55. The van der Waals surface area contributed by atoms with Gasteiger partial charge in [0.15, 0.2) is 0 Å². The molecule has 0 spiro atoms. The van der Waals surface area contributed by atoms with Gasteiger partial charge in [-0.15, -0.1) is 11.3 Å². The van der Waals surface area contributed by atoms with Crippen LogP contribution in [-0.4, -0.2) is 53.8 Å². The van der Waals surface area contributed by atoms with E-state index in [0.29, 0.717) is 12.1 Å². The Morgan fingerprint density at radius 2 is 1.96 bits per heavy atom. The maximum Gasteiger partial charge on any atom is 0.295 e. The number of thiophene rings is 1. The number of hydrogen-bond donors (Lipinski definition) is 1. The molecule has 1 N–H and O–H groups in total. The van der Waals surface area contributed by atoms with Crippen LogP contribution in [0.3, 0.4) is 0 Å². The summed E-state index contributed by atoms with van der Waals surface area (Å²) in [6.45, 7) is 5.11. The van der Waals surface area contributed by atoms with Crippen LogP contribution in [-0.2, 0) is 9.59 Å². The second kappa shape index (κ2) is 8.29. The number of Topliss-reactive ketones (excluding diaryl/α,β-unsaturated/α-hetero) is 1. The predicted octanol–water partition coefficient (Wildman–Crippen LogP) is 3.74. The van der Waals surface area contributed by atoms with Gasteiger partial charge in [0.05, 0.1) is 11.6 Å². The van der Waals surface area contributed by atoms with Crippen molar-refractivity contribution < 1.29 is 14.7 Å². The minimum atomic E-state index is -0.610. The van der Waals surface area contributed by atoms with Gasteiger partial charge in [0.25, 0.3) is 11.7 Å². The van der Waals surface area contributed by atoms with Crippen molar-refractivity contribution in [2.24, 2.45) is 0 Å². The van der Waals surface area contributed by atoms with Crippen LogP contribution < -0.4 is 0 Å². The first kappa shape index (κ1) is 20.3. The average molecular weight is 399 g/mol. The topological polar surface area (TPSA) is 60.9 Å². The molecule has 2 heterocycles. The van der Waals surface area contributed by atoms with E-state index in [0.717, 1.165) is 29.0 Å². The number of nitrogens with zero attached hydrogens (tertiary/aromatic N) is 2. The first-order chi connectivity index (χ1) is 13.3. The lowest BCUT2D eigenvalue weighted by molar-refractivity contribution is -0.139. The van der Waals surface area contributed by atoms with E-state index in [1.54, 1.807) is 4.90 Å². The minimum absolute atomic E-state index is 0.0898. The molecule has 148 valence electrons. The molecule has 1 aromatic heterocycles. The van der Waals surface area contributed by atoms with E-state index in [9.17, 15) is 14.7 Å². The van der Waals surface area contributed by atoms with E-state index in [2.05, 4.69) is 0 Å². The lowest BCUT2D eigenvalue weighted by atomic mass is 9.96. The van der Waals surface area contributed by atoms with Gasteiger partial charge in [0.1, 0.15) is 5.76 Å². The fraction of sp³-hybridized carbons (Fsp3) is 0.364. The summed E-state index contributed by atoms with van der Waals surface area (Å²) in [6, 6.07) is 9.01. The molecule has 2 aromatic rings. The van der Waals surface area contributed by atoms with Crippen molar-refractivity contribution in [3.8, 4) is 0 Å². The lowest BCUT2D eigenvalue weighted by Gasteiger charge is -2.24. The fourth-order valence-corrected chi connectivity index (χ4v) is 4.39. The van der Waals surface area contributed by atoms with Gasteiger partial charge >= 0.3 is 0 Å². The number of ketones is 1. The van der Waals surface area contributed by atoms with Crippen molar-refractivity contribution in [1.29, 1.82) is 0 Å². The van der Waals surface area contributed by atoms with Crippen LogP contribution >= 0.6 is 11.3 Å². The van der Waals surface area contributed by atoms with E-state index in [-0.39, 0.29) is 11.3 Å². The molecule has 1 atom stereocenters. The Kier molecular flexibility index (Phi) is 6.01. The molecule has 0 saturated carbocycles. The smallest absolute Gasteiger partial charge is 0.295 e. The summed E-state index contributed by atoms with van der Waals surface area (Å²) in [6.07, 6.45) is 0.755. The van der Waals surface area contributed by atoms with E-state index >= 15 is 0 Å². The van der Waals surface area contributed by atoms with Gasteiger partial charge in [-0.25, -0.2) is 0 Å². The molecule has 28 heavy (non-hydrogen) atoms. The van der Waals surface area contributed by atoms with Crippen molar-refractivity contribution in [2.45, 2.75) is 26.3 Å². The van der Waals surface area contributed by atoms with Crippen LogP contribution in [0.2, 0.25) is 0 Å². The third-order valence-corrected chi connectivity index (χ3v) is 5.93. The number of benzene rings is 1. The molecule has 1 aliphatic heterocycles. The van der Waals surface area contributed by atoms with Crippen LogP contribution in [0.5, 0.6) is 0 Å². The highest BCUT2D eigenvalue weighted by molar-refractivity contribution is 7.10. The van der Waals surface area contributed by atoms with Crippen molar-refractivity contribution in [1.82, 2.24) is 9.80 Å². The number of aliphatic hydroxyl groups excluding tert-OH is 1. The molecule has 1 amide bonds. The summed E-state index contributed by atoms with van der Waals surface area (Å²) in [4.78, 5) is 30.3. The van der Waals surface area contributed by atoms with Crippen molar-refractivity contribution in [3.05, 3.63) is 62.9 Å². The monoisotopic (exact) mass is 398 g/mol. The number of likely N-dealkylation sites (tertiary alicyclic amines) is 1. The molecule has 3 rings (SSSR count).